The molecule has 2 atom stereocenters. The van der Waals surface area contributed by atoms with E-state index in [0.717, 1.165) is 29.5 Å². The van der Waals surface area contributed by atoms with E-state index in [2.05, 4.69) is 17.4 Å². The van der Waals surface area contributed by atoms with Gasteiger partial charge in [-0.25, -0.2) is 4.39 Å². The van der Waals surface area contributed by atoms with Gasteiger partial charge in [0.05, 0.1) is 0 Å². The van der Waals surface area contributed by atoms with Gasteiger partial charge in [0.1, 0.15) is 11.9 Å². The summed E-state index contributed by atoms with van der Waals surface area (Å²) in [4.78, 5) is 11.6. The Morgan fingerprint density at radius 2 is 1.92 bits per heavy atom. The first kappa shape index (κ1) is 16.7. The summed E-state index contributed by atoms with van der Waals surface area (Å²) >= 11 is 0. The van der Waals surface area contributed by atoms with Crippen LogP contribution in [-0.4, -0.2) is 23.7 Å². The van der Waals surface area contributed by atoms with Gasteiger partial charge in [0.2, 0.25) is 0 Å². The maximum atomic E-state index is 13.7. The molecule has 0 fully saturated rings. The lowest BCUT2D eigenvalue weighted by Gasteiger charge is -2.24. The zero-order valence-electron chi connectivity index (χ0n) is 13.8. The number of carboxylic acid groups (broad SMARTS) is 1. The Hall–Kier alpha value is -2.20. The molecule has 0 bridgehead atoms. The van der Waals surface area contributed by atoms with Gasteiger partial charge in [-0.1, -0.05) is 37.3 Å². The van der Waals surface area contributed by atoms with Crippen molar-refractivity contribution in [2.24, 2.45) is 0 Å². The van der Waals surface area contributed by atoms with Crippen LogP contribution in [0.1, 0.15) is 41.5 Å². The maximum absolute atomic E-state index is 13.7. The zero-order chi connectivity index (χ0) is 17.1. The molecule has 0 spiro atoms. The number of benzene rings is 2. The SMILES string of the molecule is CCNC(CC1c2ccccc2CCc2cc(F)ccc21)C(=O)O. The summed E-state index contributed by atoms with van der Waals surface area (Å²) < 4.78 is 13.7. The quantitative estimate of drug-likeness (QED) is 0.883. The molecule has 0 aliphatic heterocycles. The number of halogens is 1. The van der Waals surface area contributed by atoms with E-state index in [1.54, 1.807) is 6.07 Å². The highest BCUT2D eigenvalue weighted by atomic mass is 19.1. The minimum absolute atomic E-state index is 0.0422. The van der Waals surface area contributed by atoms with Crippen molar-refractivity contribution < 1.29 is 14.3 Å². The normalized spacial score (nSPS) is 17.5. The molecule has 0 saturated carbocycles. The molecule has 2 aromatic carbocycles. The van der Waals surface area contributed by atoms with Crippen molar-refractivity contribution in [2.75, 3.05) is 6.54 Å². The molecule has 4 heteroatoms. The van der Waals surface area contributed by atoms with Gasteiger partial charge in [0, 0.05) is 5.92 Å². The van der Waals surface area contributed by atoms with Gasteiger partial charge in [-0.05, 0) is 60.2 Å². The number of likely N-dealkylation sites (N-methyl/N-ethyl adjacent to an activating group) is 1. The first-order valence-electron chi connectivity index (χ1n) is 8.42. The van der Waals surface area contributed by atoms with Gasteiger partial charge in [-0.3, -0.25) is 4.79 Å². The Bertz CT molecular complexity index is 744. The number of carboxylic acids is 1. The molecule has 3 nitrogen and oxygen atoms in total. The van der Waals surface area contributed by atoms with Crippen LogP contribution in [0.3, 0.4) is 0 Å². The molecule has 3 rings (SSSR count). The van der Waals surface area contributed by atoms with Crippen LogP contribution in [0.5, 0.6) is 0 Å². The van der Waals surface area contributed by atoms with Gasteiger partial charge in [-0.2, -0.15) is 0 Å². The van der Waals surface area contributed by atoms with Crippen LogP contribution in [0.15, 0.2) is 42.5 Å². The van der Waals surface area contributed by atoms with Crippen molar-refractivity contribution in [3.8, 4) is 0 Å². The second-order valence-corrected chi connectivity index (χ2v) is 6.28. The summed E-state index contributed by atoms with van der Waals surface area (Å²) in [6.45, 7) is 2.50. The molecule has 1 aliphatic rings. The minimum atomic E-state index is -0.845. The Balaban J connectivity index is 2.06. The first-order valence-corrected chi connectivity index (χ1v) is 8.42. The van der Waals surface area contributed by atoms with Crippen molar-refractivity contribution in [1.29, 1.82) is 0 Å². The standard InChI is InChI=1S/C20H22FNO2/c1-2-22-19(20(23)24)12-18-16-6-4-3-5-13(16)7-8-14-11-15(21)9-10-17(14)18/h3-6,9-11,18-19,22H,2,7-8,12H2,1H3,(H,23,24). The van der Waals surface area contributed by atoms with Gasteiger partial charge in [-0.15, -0.1) is 0 Å². The fourth-order valence-electron chi connectivity index (χ4n) is 3.68. The smallest absolute Gasteiger partial charge is 0.320 e. The van der Waals surface area contributed by atoms with E-state index >= 15 is 0 Å². The Kier molecular flexibility index (Phi) is 4.95. The largest absolute Gasteiger partial charge is 0.480 e. The lowest BCUT2D eigenvalue weighted by molar-refractivity contribution is -0.139. The van der Waals surface area contributed by atoms with Crippen LogP contribution in [0, 0.1) is 5.82 Å². The lowest BCUT2D eigenvalue weighted by Crippen LogP contribution is -2.38. The van der Waals surface area contributed by atoms with E-state index < -0.39 is 12.0 Å². The lowest BCUT2D eigenvalue weighted by atomic mass is 9.83. The fraction of sp³-hybridized carbons (Fsp3) is 0.350. The van der Waals surface area contributed by atoms with E-state index in [-0.39, 0.29) is 11.7 Å². The van der Waals surface area contributed by atoms with Gasteiger partial charge in [0.25, 0.3) is 0 Å². The Labute approximate surface area is 141 Å². The van der Waals surface area contributed by atoms with Gasteiger partial charge in [0.15, 0.2) is 0 Å². The molecule has 126 valence electrons. The van der Waals surface area contributed by atoms with Gasteiger partial charge >= 0.3 is 5.97 Å². The zero-order valence-corrected chi connectivity index (χ0v) is 13.8. The van der Waals surface area contributed by atoms with Crippen molar-refractivity contribution in [1.82, 2.24) is 5.32 Å². The predicted octanol–water partition coefficient (Wildman–Crippen LogP) is 3.51. The molecule has 0 saturated heterocycles. The van der Waals surface area contributed by atoms with E-state index in [4.69, 9.17) is 0 Å². The molecule has 0 heterocycles. The average Bonchev–Trinajstić information content (AvgIpc) is 2.71. The molecule has 0 amide bonds. The van der Waals surface area contributed by atoms with E-state index in [1.807, 2.05) is 25.1 Å². The number of hydrogen-bond acceptors (Lipinski definition) is 2. The fourth-order valence-corrected chi connectivity index (χ4v) is 3.68. The van der Waals surface area contributed by atoms with E-state index in [0.29, 0.717) is 13.0 Å². The second kappa shape index (κ2) is 7.14. The van der Waals surface area contributed by atoms with Crippen LogP contribution in [0.25, 0.3) is 0 Å². The van der Waals surface area contributed by atoms with Crippen molar-refractivity contribution in [3.05, 3.63) is 70.5 Å². The number of aliphatic carboxylic acids is 1. The highest BCUT2D eigenvalue weighted by molar-refractivity contribution is 5.73. The number of fused-ring (bicyclic) bond motifs is 2. The van der Waals surface area contributed by atoms with E-state index in [1.165, 1.54) is 11.6 Å². The Morgan fingerprint density at radius 3 is 2.67 bits per heavy atom. The van der Waals surface area contributed by atoms with Crippen molar-refractivity contribution >= 4 is 5.97 Å². The topological polar surface area (TPSA) is 49.3 Å². The van der Waals surface area contributed by atoms with Crippen LogP contribution < -0.4 is 5.32 Å². The number of nitrogens with one attached hydrogen (secondary N) is 1. The molecule has 0 aromatic heterocycles. The number of carbonyl (C=O) groups is 1. The van der Waals surface area contributed by atoms with Crippen molar-refractivity contribution in [3.63, 3.8) is 0 Å². The highest BCUT2D eigenvalue weighted by Gasteiger charge is 2.28. The maximum Gasteiger partial charge on any atom is 0.320 e. The number of rotatable bonds is 5. The van der Waals surface area contributed by atoms with Crippen LogP contribution in [0.2, 0.25) is 0 Å². The summed E-state index contributed by atoms with van der Waals surface area (Å²) in [5.74, 6) is -1.12. The number of aryl methyl sites for hydroxylation is 2. The molecule has 1 aliphatic carbocycles. The first-order chi connectivity index (χ1) is 11.6. The molecule has 2 aromatic rings. The van der Waals surface area contributed by atoms with E-state index in [9.17, 15) is 14.3 Å². The highest BCUT2D eigenvalue weighted by Crippen LogP contribution is 2.37. The molecule has 2 N–H and O–H groups in total. The van der Waals surface area contributed by atoms with Gasteiger partial charge < -0.3 is 10.4 Å². The summed E-state index contributed by atoms with van der Waals surface area (Å²) in [6.07, 6.45) is 2.08. The molecule has 0 radical (unpaired) electrons. The summed E-state index contributed by atoms with van der Waals surface area (Å²) in [7, 11) is 0. The third-order valence-corrected chi connectivity index (χ3v) is 4.79. The second-order valence-electron chi connectivity index (χ2n) is 6.28. The van der Waals surface area contributed by atoms with Crippen LogP contribution in [0.4, 0.5) is 4.39 Å². The average molecular weight is 327 g/mol. The monoisotopic (exact) mass is 327 g/mol. The third-order valence-electron chi connectivity index (χ3n) is 4.79. The minimum Gasteiger partial charge on any atom is -0.480 e. The summed E-state index contributed by atoms with van der Waals surface area (Å²) in [5.41, 5.74) is 4.41. The molecular formula is C20H22FNO2. The van der Waals surface area contributed by atoms with Crippen molar-refractivity contribution in [2.45, 2.75) is 38.1 Å². The number of hydrogen-bond donors (Lipinski definition) is 2. The Morgan fingerprint density at radius 1 is 1.21 bits per heavy atom. The summed E-state index contributed by atoms with van der Waals surface area (Å²) in [5, 5.41) is 12.6. The molecular weight excluding hydrogens is 305 g/mol. The summed E-state index contributed by atoms with van der Waals surface area (Å²) in [6, 6.07) is 12.4. The predicted molar refractivity (Wildman–Crippen MR) is 91.8 cm³/mol. The molecule has 2 unspecified atom stereocenters. The van der Waals surface area contributed by atoms with Crippen LogP contribution >= 0.6 is 0 Å². The third kappa shape index (κ3) is 3.34. The molecule has 24 heavy (non-hydrogen) atoms. The van der Waals surface area contributed by atoms with Crippen LogP contribution in [-0.2, 0) is 17.6 Å².